The van der Waals surface area contributed by atoms with Crippen molar-refractivity contribution in [3.8, 4) is 0 Å². The Balaban J connectivity index is 2.21. The molecule has 0 aliphatic carbocycles. The van der Waals surface area contributed by atoms with Crippen molar-refractivity contribution >= 4 is 26.3 Å². The Hall–Kier alpha value is -0.690. The van der Waals surface area contributed by atoms with Crippen LogP contribution in [0.1, 0.15) is 17.3 Å². The lowest BCUT2D eigenvalue weighted by atomic mass is 10.1. The molecule has 1 aliphatic rings. The molecule has 1 aromatic rings. The number of nitrogens with two attached hydrogens (primary N) is 1. The quantitative estimate of drug-likeness (QED) is 0.719. The van der Waals surface area contributed by atoms with Gasteiger partial charge < -0.3 is 5.73 Å². The summed E-state index contributed by atoms with van der Waals surface area (Å²) in [5, 5.41) is 8.65. The van der Waals surface area contributed by atoms with Gasteiger partial charge in [-0.2, -0.15) is 0 Å². The normalized spacial score (nSPS) is 26.3. The molecule has 1 atom stereocenters. The van der Waals surface area contributed by atoms with Gasteiger partial charge in [-0.25, -0.2) is 8.42 Å². The molecule has 1 fully saturated rings. The summed E-state index contributed by atoms with van der Waals surface area (Å²) in [4.78, 5) is 0. The van der Waals surface area contributed by atoms with Gasteiger partial charge in [0.05, 0.1) is 11.5 Å². The molecule has 0 saturated carbocycles. The number of nitrogens with zero attached hydrogens (tertiary/aromatic N) is 2. The molecule has 5 nitrogen and oxygen atoms in total. The minimum Gasteiger partial charge on any atom is -0.374 e. The molecule has 1 aliphatic heterocycles. The Kier molecular flexibility index (Phi) is 1.99. The third kappa shape index (κ3) is 1.80. The Labute approximate surface area is 79.9 Å². The minimum absolute atomic E-state index is 0.0137. The number of nitrogen functional groups attached to an aromatic ring is 1. The summed E-state index contributed by atoms with van der Waals surface area (Å²) >= 11 is 1.28. The van der Waals surface area contributed by atoms with Gasteiger partial charge in [0.2, 0.25) is 5.13 Å². The summed E-state index contributed by atoms with van der Waals surface area (Å²) < 4.78 is 22.3. The lowest BCUT2D eigenvalue weighted by Crippen LogP contribution is -2.03. The van der Waals surface area contributed by atoms with Gasteiger partial charge in [0, 0.05) is 5.92 Å². The maximum absolute atomic E-state index is 11.1. The van der Waals surface area contributed by atoms with Crippen LogP contribution in [0.2, 0.25) is 0 Å². The average Bonchev–Trinajstić information content (AvgIpc) is 2.56. The molecule has 72 valence electrons. The molecule has 2 rings (SSSR count). The number of sulfone groups is 1. The van der Waals surface area contributed by atoms with E-state index in [4.69, 9.17) is 5.73 Å². The molecule has 0 radical (unpaired) electrons. The predicted molar refractivity (Wildman–Crippen MR) is 50.3 cm³/mol. The highest BCUT2D eigenvalue weighted by molar-refractivity contribution is 7.91. The fourth-order valence-corrected chi connectivity index (χ4v) is 4.00. The van der Waals surface area contributed by atoms with Crippen molar-refractivity contribution in [2.75, 3.05) is 17.2 Å². The lowest BCUT2D eigenvalue weighted by Gasteiger charge is -1.98. The number of anilines is 1. The largest absolute Gasteiger partial charge is 0.374 e. The summed E-state index contributed by atoms with van der Waals surface area (Å²) in [7, 11) is -2.84. The third-order valence-corrected chi connectivity index (χ3v) is 4.72. The number of hydrogen-bond acceptors (Lipinski definition) is 6. The van der Waals surface area contributed by atoms with E-state index in [-0.39, 0.29) is 17.4 Å². The van der Waals surface area contributed by atoms with Crippen molar-refractivity contribution in [2.45, 2.75) is 12.3 Å². The summed E-state index contributed by atoms with van der Waals surface area (Å²) in [5.41, 5.74) is 5.41. The topological polar surface area (TPSA) is 85.9 Å². The van der Waals surface area contributed by atoms with E-state index in [1.807, 2.05) is 0 Å². The SMILES string of the molecule is Nc1nnc(C2CCS(=O)(=O)C2)s1. The maximum atomic E-state index is 11.1. The van der Waals surface area contributed by atoms with Gasteiger partial charge in [-0.3, -0.25) is 0 Å². The van der Waals surface area contributed by atoms with Gasteiger partial charge in [-0.15, -0.1) is 10.2 Å². The summed E-state index contributed by atoms with van der Waals surface area (Å²) in [6.07, 6.45) is 0.650. The molecule has 2 heterocycles. The zero-order chi connectivity index (χ0) is 9.47. The molecule has 1 aromatic heterocycles. The van der Waals surface area contributed by atoms with E-state index in [1.54, 1.807) is 0 Å². The molecule has 0 amide bonds. The third-order valence-electron chi connectivity index (χ3n) is 2.04. The van der Waals surface area contributed by atoms with Crippen LogP contribution in [0.4, 0.5) is 5.13 Å². The second kappa shape index (κ2) is 2.91. The van der Waals surface area contributed by atoms with Crippen molar-refractivity contribution in [2.24, 2.45) is 0 Å². The van der Waals surface area contributed by atoms with E-state index < -0.39 is 9.84 Å². The van der Waals surface area contributed by atoms with Gasteiger partial charge >= 0.3 is 0 Å². The Morgan fingerprint density at radius 3 is 2.69 bits per heavy atom. The first-order chi connectivity index (χ1) is 6.07. The molecule has 7 heteroatoms. The van der Waals surface area contributed by atoms with E-state index in [0.717, 1.165) is 5.01 Å². The second-order valence-electron chi connectivity index (χ2n) is 3.08. The highest BCUT2D eigenvalue weighted by Gasteiger charge is 2.31. The maximum Gasteiger partial charge on any atom is 0.203 e. The zero-order valence-electron chi connectivity index (χ0n) is 6.80. The van der Waals surface area contributed by atoms with Crippen molar-refractivity contribution in [3.63, 3.8) is 0 Å². The molecule has 13 heavy (non-hydrogen) atoms. The first kappa shape index (κ1) is 8.89. The minimum atomic E-state index is -2.84. The monoisotopic (exact) mass is 219 g/mol. The molecule has 1 unspecified atom stereocenters. The van der Waals surface area contributed by atoms with E-state index in [1.165, 1.54) is 11.3 Å². The fraction of sp³-hybridized carbons (Fsp3) is 0.667. The van der Waals surface area contributed by atoms with E-state index in [9.17, 15) is 8.42 Å². The summed E-state index contributed by atoms with van der Waals surface area (Å²) in [6, 6.07) is 0. The molecule has 0 bridgehead atoms. The predicted octanol–water partition coefficient (Wildman–Crippen LogP) is 0.0224. The highest BCUT2D eigenvalue weighted by Crippen LogP contribution is 2.31. The van der Waals surface area contributed by atoms with Crippen LogP contribution in [0.15, 0.2) is 0 Å². The van der Waals surface area contributed by atoms with Gasteiger partial charge in [0.15, 0.2) is 9.84 Å². The van der Waals surface area contributed by atoms with Crippen LogP contribution in [-0.2, 0) is 9.84 Å². The zero-order valence-corrected chi connectivity index (χ0v) is 8.44. The van der Waals surface area contributed by atoms with Crippen LogP contribution in [0.5, 0.6) is 0 Å². The molecule has 0 aromatic carbocycles. The van der Waals surface area contributed by atoms with E-state index in [0.29, 0.717) is 11.6 Å². The summed E-state index contributed by atoms with van der Waals surface area (Å²) in [5.74, 6) is 0.471. The Morgan fingerprint density at radius 1 is 1.46 bits per heavy atom. The fourth-order valence-electron chi connectivity index (χ4n) is 1.40. The molecule has 1 saturated heterocycles. The van der Waals surface area contributed by atoms with Crippen molar-refractivity contribution in [3.05, 3.63) is 5.01 Å². The molecular weight excluding hydrogens is 210 g/mol. The first-order valence-corrected chi connectivity index (χ1v) is 6.50. The summed E-state index contributed by atoms with van der Waals surface area (Å²) in [6.45, 7) is 0. The molecular formula is C6H9N3O2S2. The molecule has 2 N–H and O–H groups in total. The van der Waals surface area contributed by atoms with Crippen LogP contribution < -0.4 is 5.73 Å². The van der Waals surface area contributed by atoms with Gasteiger partial charge in [-0.05, 0) is 6.42 Å². The first-order valence-electron chi connectivity index (χ1n) is 3.86. The average molecular weight is 219 g/mol. The van der Waals surface area contributed by atoms with Gasteiger partial charge in [-0.1, -0.05) is 11.3 Å². The Bertz CT molecular complexity index is 411. The number of aromatic nitrogens is 2. The molecule has 0 spiro atoms. The highest BCUT2D eigenvalue weighted by atomic mass is 32.2. The van der Waals surface area contributed by atoms with Crippen molar-refractivity contribution < 1.29 is 8.42 Å². The van der Waals surface area contributed by atoms with Crippen LogP contribution in [0.25, 0.3) is 0 Å². The van der Waals surface area contributed by atoms with E-state index >= 15 is 0 Å². The van der Waals surface area contributed by atoms with Crippen molar-refractivity contribution in [1.82, 2.24) is 10.2 Å². The van der Waals surface area contributed by atoms with Crippen LogP contribution >= 0.6 is 11.3 Å². The lowest BCUT2D eigenvalue weighted by molar-refractivity contribution is 0.601. The Morgan fingerprint density at radius 2 is 2.23 bits per heavy atom. The number of hydrogen-bond donors (Lipinski definition) is 1. The van der Waals surface area contributed by atoms with Crippen LogP contribution in [0, 0.1) is 0 Å². The van der Waals surface area contributed by atoms with E-state index in [2.05, 4.69) is 10.2 Å². The van der Waals surface area contributed by atoms with Gasteiger partial charge in [0.25, 0.3) is 0 Å². The van der Waals surface area contributed by atoms with Crippen LogP contribution in [0.3, 0.4) is 0 Å². The standard InChI is InChI=1S/C6H9N3O2S2/c7-6-9-8-5(12-6)4-1-2-13(10,11)3-4/h4H,1-3H2,(H2,7,9). The van der Waals surface area contributed by atoms with Crippen LogP contribution in [-0.4, -0.2) is 30.1 Å². The smallest absolute Gasteiger partial charge is 0.203 e. The van der Waals surface area contributed by atoms with Crippen molar-refractivity contribution in [1.29, 1.82) is 0 Å². The van der Waals surface area contributed by atoms with Gasteiger partial charge in [0.1, 0.15) is 5.01 Å². The second-order valence-corrected chi connectivity index (χ2v) is 6.35. The number of rotatable bonds is 1.